The lowest BCUT2D eigenvalue weighted by atomic mass is 10.1. The quantitative estimate of drug-likeness (QED) is 0.623. The highest BCUT2D eigenvalue weighted by molar-refractivity contribution is 9.10. The molecule has 0 aromatic carbocycles. The summed E-state index contributed by atoms with van der Waals surface area (Å²) < 4.78 is 6.43. The van der Waals surface area contributed by atoms with Crippen LogP contribution in [0.5, 0.6) is 0 Å². The Morgan fingerprint density at radius 3 is 2.54 bits per heavy atom. The van der Waals surface area contributed by atoms with Gasteiger partial charge in [-0.15, -0.1) is 0 Å². The second kappa shape index (κ2) is 7.08. The summed E-state index contributed by atoms with van der Waals surface area (Å²) in [5, 5.41) is 0.502. The van der Waals surface area contributed by atoms with E-state index in [2.05, 4.69) is 32.7 Å². The molecule has 1 aromatic rings. The fourth-order valence-corrected chi connectivity index (χ4v) is 3.54. The van der Waals surface area contributed by atoms with Gasteiger partial charge in [0.15, 0.2) is 0 Å². The molecule has 5 nitrogen and oxygen atoms in total. The van der Waals surface area contributed by atoms with Crippen LogP contribution in [0.3, 0.4) is 0 Å². The van der Waals surface area contributed by atoms with Gasteiger partial charge >= 0.3 is 6.09 Å². The van der Waals surface area contributed by atoms with Crippen molar-refractivity contribution in [3.63, 3.8) is 0 Å². The molecule has 0 N–H and O–H groups in total. The number of halogens is 2. The summed E-state index contributed by atoms with van der Waals surface area (Å²) in [7, 11) is 0. The highest BCUT2D eigenvalue weighted by Crippen LogP contribution is 2.32. The molecule has 1 saturated heterocycles. The van der Waals surface area contributed by atoms with Crippen molar-refractivity contribution in [2.75, 3.05) is 18.0 Å². The molecule has 2 rings (SSSR count). The van der Waals surface area contributed by atoms with Crippen LogP contribution in [-0.4, -0.2) is 46.8 Å². The lowest BCUT2D eigenvalue weighted by molar-refractivity contribution is 0.0130. The van der Waals surface area contributed by atoms with Crippen LogP contribution in [-0.2, 0) is 4.74 Å². The molecule has 1 aliphatic heterocycles. The van der Waals surface area contributed by atoms with E-state index in [-0.39, 0.29) is 18.2 Å². The number of hydrogen-bond acceptors (Lipinski definition) is 4. The van der Waals surface area contributed by atoms with Crippen molar-refractivity contribution in [2.45, 2.75) is 59.2 Å². The largest absolute Gasteiger partial charge is 0.444 e. The van der Waals surface area contributed by atoms with Gasteiger partial charge < -0.3 is 14.5 Å². The van der Waals surface area contributed by atoms with E-state index in [0.29, 0.717) is 18.2 Å². The number of hydrogen-bond donors (Lipinski definition) is 0. The molecule has 134 valence electrons. The van der Waals surface area contributed by atoms with Gasteiger partial charge in [-0.2, -0.15) is 0 Å². The monoisotopic (exact) mass is 417 g/mol. The summed E-state index contributed by atoms with van der Waals surface area (Å²) >= 11 is 9.78. The molecule has 1 amide bonds. The second-order valence-electron chi connectivity index (χ2n) is 7.38. The number of aryl methyl sites for hydroxylation is 1. The number of carbonyl (C=O) groups is 1. The summed E-state index contributed by atoms with van der Waals surface area (Å²) in [6, 6.07) is 2.10. The molecule has 0 spiro atoms. The zero-order valence-electron chi connectivity index (χ0n) is 15.1. The van der Waals surface area contributed by atoms with E-state index in [9.17, 15) is 4.79 Å². The SMILES string of the molecule is Cc1cc(Br)c(N2C[C@@H](C)N(C(=O)OC(C)(C)C)C[C@@H]2C)nc1Cl. The van der Waals surface area contributed by atoms with E-state index >= 15 is 0 Å². The van der Waals surface area contributed by atoms with Crippen LogP contribution in [0.15, 0.2) is 10.5 Å². The zero-order chi connectivity index (χ0) is 18.2. The van der Waals surface area contributed by atoms with Gasteiger partial charge in [0.25, 0.3) is 0 Å². The molecule has 0 radical (unpaired) electrons. The van der Waals surface area contributed by atoms with Crippen molar-refractivity contribution in [1.82, 2.24) is 9.88 Å². The fraction of sp³-hybridized carbons (Fsp3) is 0.647. The first-order valence-electron chi connectivity index (χ1n) is 8.08. The Balaban J connectivity index is 2.19. The predicted molar refractivity (Wildman–Crippen MR) is 101 cm³/mol. The van der Waals surface area contributed by atoms with E-state index < -0.39 is 5.60 Å². The van der Waals surface area contributed by atoms with Crippen LogP contribution in [0.2, 0.25) is 5.15 Å². The average molecular weight is 419 g/mol. The first kappa shape index (κ1) is 19.3. The predicted octanol–water partition coefficient (Wildman–Crippen LogP) is 4.64. The highest BCUT2D eigenvalue weighted by Gasteiger charge is 2.35. The Labute approximate surface area is 157 Å². The van der Waals surface area contributed by atoms with Gasteiger partial charge in [-0.05, 0) is 69.1 Å². The number of rotatable bonds is 1. The molecule has 1 aliphatic rings. The minimum atomic E-state index is -0.494. The van der Waals surface area contributed by atoms with Gasteiger partial charge in [-0.25, -0.2) is 9.78 Å². The van der Waals surface area contributed by atoms with Crippen LogP contribution >= 0.6 is 27.5 Å². The molecule has 0 unspecified atom stereocenters. The number of nitrogens with zero attached hydrogens (tertiary/aromatic N) is 3. The average Bonchev–Trinajstić information content (AvgIpc) is 2.43. The number of ether oxygens (including phenoxy) is 1. The second-order valence-corrected chi connectivity index (χ2v) is 8.60. The van der Waals surface area contributed by atoms with Crippen molar-refractivity contribution < 1.29 is 9.53 Å². The maximum absolute atomic E-state index is 12.4. The molecule has 0 aliphatic carbocycles. The molecular formula is C17H25BrClN3O2. The minimum Gasteiger partial charge on any atom is -0.444 e. The molecule has 24 heavy (non-hydrogen) atoms. The van der Waals surface area contributed by atoms with Gasteiger partial charge in [0.05, 0.1) is 4.47 Å². The third-order valence-corrected chi connectivity index (χ3v) is 4.94. The number of pyridine rings is 1. The molecule has 1 fully saturated rings. The van der Waals surface area contributed by atoms with Crippen LogP contribution in [0.4, 0.5) is 10.6 Å². The van der Waals surface area contributed by atoms with Crippen molar-refractivity contribution in [3.05, 3.63) is 21.3 Å². The lowest BCUT2D eigenvalue weighted by Gasteiger charge is -2.45. The molecule has 2 heterocycles. The minimum absolute atomic E-state index is 0.0184. The Bertz CT molecular complexity index is 633. The molecular weight excluding hydrogens is 394 g/mol. The number of carbonyl (C=O) groups excluding carboxylic acids is 1. The van der Waals surface area contributed by atoms with E-state index in [4.69, 9.17) is 16.3 Å². The zero-order valence-corrected chi connectivity index (χ0v) is 17.4. The van der Waals surface area contributed by atoms with Gasteiger partial charge in [0.2, 0.25) is 0 Å². The third-order valence-electron chi connectivity index (χ3n) is 3.97. The van der Waals surface area contributed by atoms with E-state index in [1.807, 2.05) is 40.7 Å². The van der Waals surface area contributed by atoms with E-state index in [1.165, 1.54) is 0 Å². The van der Waals surface area contributed by atoms with Gasteiger partial charge in [-0.3, -0.25) is 0 Å². The highest BCUT2D eigenvalue weighted by atomic mass is 79.9. The van der Waals surface area contributed by atoms with Gasteiger partial charge in [0.1, 0.15) is 16.6 Å². The molecule has 2 atom stereocenters. The molecule has 7 heteroatoms. The van der Waals surface area contributed by atoms with Gasteiger partial charge in [-0.1, -0.05) is 11.6 Å². The summed E-state index contributed by atoms with van der Waals surface area (Å²) in [5.41, 5.74) is 0.437. The Morgan fingerprint density at radius 2 is 1.96 bits per heavy atom. The summed E-state index contributed by atoms with van der Waals surface area (Å²) in [6.45, 7) is 12.9. The summed E-state index contributed by atoms with van der Waals surface area (Å²) in [5.74, 6) is 0.814. The maximum Gasteiger partial charge on any atom is 0.410 e. The molecule has 0 bridgehead atoms. The maximum atomic E-state index is 12.4. The van der Waals surface area contributed by atoms with Crippen molar-refractivity contribution in [3.8, 4) is 0 Å². The van der Waals surface area contributed by atoms with Crippen LogP contribution in [0, 0.1) is 6.92 Å². The van der Waals surface area contributed by atoms with Gasteiger partial charge in [0, 0.05) is 25.2 Å². The molecule has 1 aromatic heterocycles. The van der Waals surface area contributed by atoms with Crippen LogP contribution in [0.1, 0.15) is 40.2 Å². The molecule has 0 saturated carbocycles. The number of amides is 1. The van der Waals surface area contributed by atoms with Crippen molar-refractivity contribution in [2.24, 2.45) is 0 Å². The summed E-state index contributed by atoms with van der Waals surface area (Å²) in [4.78, 5) is 20.9. The van der Waals surface area contributed by atoms with E-state index in [0.717, 1.165) is 15.9 Å². The lowest BCUT2D eigenvalue weighted by Crippen LogP contribution is -2.59. The Hall–Kier alpha value is -1.01. The first-order chi connectivity index (χ1) is 11.0. The van der Waals surface area contributed by atoms with Crippen LogP contribution in [0.25, 0.3) is 0 Å². The van der Waals surface area contributed by atoms with Crippen molar-refractivity contribution >= 4 is 39.4 Å². The smallest absolute Gasteiger partial charge is 0.410 e. The fourth-order valence-electron chi connectivity index (χ4n) is 2.75. The first-order valence-corrected chi connectivity index (χ1v) is 9.25. The van der Waals surface area contributed by atoms with E-state index in [1.54, 1.807) is 4.90 Å². The van der Waals surface area contributed by atoms with Crippen LogP contribution < -0.4 is 4.90 Å². The number of anilines is 1. The topological polar surface area (TPSA) is 45.7 Å². The summed E-state index contributed by atoms with van der Waals surface area (Å²) in [6.07, 6.45) is -0.268. The Morgan fingerprint density at radius 1 is 1.33 bits per heavy atom. The number of aromatic nitrogens is 1. The van der Waals surface area contributed by atoms with Crippen molar-refractivity contribution in [1.29, 1.82) is 0 Å². The Kier molecular flexibility index (Phi) is 5.70. The third kappa shape index (κ3) is 4.33. The number of piperazine rings is 1. The normalized spacial score (nSPS) is 21.8. The standard InChI is InChI=1S/C17H25BrClN3O2/c1-10-7-13(18)15(20-14(10)19)21-8-12(3)22(9-11(21)2)16(23)24-17(4,5)6/h7,11-12H,8-9H2,1-6H3/t11-,12+/m0/s1.